The van der Waals surface area contributed by atoms with E-state index in [0.29, 0.717) is 15.8 Å². The van der Waals surface area contributed by atoms with E-state index in [9.17, 15) is 28.1 Å². The number of aromatic nitrogens is 4. The number of nitro groups is 1. The standard InChI is InChI=1S/C26H17F3N6O4/c1-15-7-5-6-10-21(15)39-19-12-17(11-18(13-19)35(37)38)30-24(36)23-32-25-31-20(16-8-3-2-4-9-16)14-22(26(27,28)29)34(25)33-23/h2-14H,1H3,(H,30,36). The molecule has 0 aliphatic carbocycles. The Hall–Kier alpha value is -5.33. The molecule has 0 atom stereocenters. The lowest BCUT2D eigenvalue weighted by atomic mass is 10.1. The van der Waals surface area contributed by atoms with Gasteiger partial charge in [0.25, 0.3) is 17.4 Å². The molecule has 3 aromatic carbocycles. The van der Waals surface area contributed by atoms with E-state index in [1.54, 1.807) is 61.5 Å². The van der Waals surface area contributed by atoms with Gasteiger partial charge in [-0.1, -0.05) is 48.5 Å². The molecule has 0 fully saturated rings. The largest absolute Gasteiger partial charge is 0.457 e. The molecule has 0 aliphatic heterocycles. The van der Waals surface area contributed by atoms with Crippen LogP contribution in [0.2, 0.25) is 0 Å². The third-order valence-corrected chi connectivity index (χ3v) is 5.56. The third kappa shape index (κ3) is 5.37. The number of alkyl halides is 3. The van der Waals surface area contributed by atoms with Crippen molar-refractivity contribution in [3.63, 3.8) is 0 Å². The second kappa shape index (κ2) is 9.85. The van der Waals surface area contributed by atoms with Crippen molar-refractivity contribution >= 4 is 23.1 Å². The molecule has 2 heterocycles. The van der Waals surface area contributed by atoms with Gasteiger partial charge in [-0.15, -0.1) is 5.10 Å². The molecule has 0 radical (unpaired) electrons. The van der Waals surface area contributed by atoms with Crippen LogP contribution in [0.4, 0.5) is 24.5 Å². The van der Waals surface area contributed by atoms with Gasteiger partial charge >= 0.3 is 6.18 Å². The van der Waals surface area contributed by atoms with Crippen LogP contribution in [-0.2, 0) is 6.18 Å². The predicted molar refractivity (Wildman–Crippen MR) is 134 cm³/mol. The van der Waals surface area contributed by atoms with Crippen LogP contribution < -0.4 is 10.1 Å². The zero-order chi connectivity index (χ0) is 27.7. The predicted octanol–water partition coefficient (Wildman–Crippen LogP) is 6.07. The van der Waals surface area contributed by atoms with Crippen LogP contribution in [-0.4, -0.2) is 30.4 Å². The lowest BCUT2D eigenvalue weighted by molar-refractivity contribution is -0.384. The normalized spacial score (nSPS) is 11.4. The summed E-state index contributed by atoms with van der Waals surface area (Å²) in [6, 6.07) is 19.5. The van der Waals surface area contributed by atoms with Crippen LogP contribution in [0.15, 0.2) is 78.9 Å². The Morgan fingerprint density at radius 1 is 1.00 bits per heavy atom. The SMILES string of the molecule is Cc1ccccc1Oc1cc(NC(=O)c2nc3nc(-c4ccccc4)cc(C(F)(F)F)n3n2)cc([N+](=O)[O-])c1. The highest BCUT2D eigenvalue weighted by molar-refractivity contribution is 6.02. The van der Waals surface area contributed by atoms with E-state index in [1.807, 2.05) is 0 Å². The molecule has 0 saturated heterocycles. The maximum atomic E-state index is 13.8. The van der Waals surface area contributed by atoms with Gasteiger partial charge in [-0.2, -0.15) is 22.7 Å². The van der Waals surface area contributed by atoms with E-state index in [4.69, 9.17) is 4.74 Å². The summed E-state index contributed by atoms with van der Waals surface area (Å²) in [6.45, 7) is 1.79. The monoisotopic (exact) mass is 534 g/mol. The fraction of sp³-hybridized carbons (Fsp3) is 0.0769. The smallest absolute Gasteiger partial charge is 0.433 e. The van der Waals surface area contributed by atoms with E-state index in [-0.39, 0.29) is 22.8 Å². The maximum absolute atomic E-state index is 13.8. The number of para-hydroxylation sites is 1. The van der Waals surface area contributed by atoms with Crippen LogP contribution in [0.25, 0.3) is 17.0 Å². The molecule has 0 unspecified atom stereocenters. The molecule has 0 saturated carbocycles. The van der Waals surface area contributed by atoms with Crippen molar-refractivity contribution in [1.82, 2.24) is 19.6 Å². The first-order valence-electron chi connectivity index (χ1n) is 11.3. The number of rotatable bonds is 6. The highest BCUT2D eigenvalue weighted by atomic mass is 19.4. The van der Waals surface area contributed by atoms with E-state index in [1.165, 1.54) is 12.1 Å². The summed E-state index contributed by atoms with van der Waals surface area (Å²) in [7, 11) is 0. The Morgan fingerprint density at radius 2 is 1.72 bits per heavy atom. The number of fused-ring (bicyclic) bond motifs is 1. The van der Waals surface area contributed by atoms with Gasteiger partial charge in [0.05, 0.1) is 22.4 Å². The number of anilines is 1. The quantitative estimate of drug-likeness (QED) is 0.207. The zero-order valence-corrected chi connectivity index (χ0v) is 20.0. The lowest BCUT2D eigenvalue weighted by Crippen LogP contribution is -2.16. The molecule has 5 rings (SSSR count). The Balaban J connectivity index is 1.50. The first kappa shape index (κ1) is 25.3. The summed E-state index contributed by atoms with van der Waals surface area (Å²) in [5.74, 6) is -1.57. The molecule has 13 heteroatoms. The summed E-state index contributed by atoms with van der Waals surface area (Å²) < 4.78 is 47.7. The molecule has 5 aromatic rings. The minimum Gasteiger partial charge on any atom is -0.457 e. The van der Waals surface area contributed by atoms with E-state index in [2.05, 4.69) is 20.4 Å². The van der Waals surface area contributed by atoms with E-state index < -0.39 is 34.3 Å². The number of aryl methyl sites for hydroxylation is 1. The van der Waals surface area contributed by atoms with Crippen molar-refractivity contribution in [3.8, 4) is 22.8 Å². The van der Waals surface area contributed by atoms with Gasteiger partial charge in [0, 0.05) is 17.7 Å². The lowest BCUT2D eigenvalue weighted by Gasteiger charge is -2.10. The summed E-state index contributed by atoms with van der Waals surface area (Å²) in [4.78, 5) is 31.8. The molecule has 0 spiro atoms. The second-order valence-electron chi connectivity index (χ2n) is 8.33. The van der Waals surface area contributed by atoms with Crippen LogP contribution in [0, 0.1) is 17.0 Å². The molecular formula is C26H17F3N6O4. The number of ether oxygens (including phenoxy) is 1. The number of benzene rings is 3. The summed E-state index contributed by atoms with van der Waals surface area (Å²) in [6.07, 6.45) is -4.83. The number of carbonyl (C=O) groups excluding carboxylic acids is 1. The number of nitrogens with zero attached hydrogens (tertiary/aromatic N) is 5. The minimum atomic E-state index is -4.83. The average molecular weight is 534 g/mol. The highest BCUT2D eigenvalue weighted by Gasteiger charge is 2.36. The minimum absolute atomic E-state index is 0.00790. The summed E-state index contributed by atoms with van der Waals surface area (Å²) in [5.41, 5.74) is -0.435. The van der Waals surface area contributed by atoms with Crippen molar-refractivity contribution in [3.05, 3.63) is 106 Å². The van der Waals surface area contributed by atoms with Crippen molar-refractivity contribution < 1.29 is 27.6 Å². The molecular weight excluding hydrogens is 517 g/mol. The van der Waals surface area contributed by atoms with Gasteiger partial charge in [0.2, 0.25) is 5.82 Å². The number of halogens is 3. The Kier molecular flexibility index (Phi) is 6.40. The van der Waals surface area contributed by atoms with Crippen LogP contribution in [0.1, 0.15) is 21.9 Å². The first-order valence-corrected chi connectivity index (χ1v) is 11.3. The third-order valence-electron chi connectivity index (χ3n) is 5.56. The molecule has 0 bridgehead atoms. The molecule has 196 valence electrons. The van der Waals surface area contributed by atoms with Crippen LogP contribution >= 0.6 is 0 Å². The topological polar surface area (TPSA) is 125 Å². The van der Waals surface area contributed by atoms with Crippen molar-refractivity contribution in [2.24, 2.45) is 0 Å². The number of carbonyl (C=O) groups is 1. The average Bonchev–Trinajstić information content (AvgIpc) is 3.34. The van der Waals surface area contributed by atoms with Gasteiger partial charge in [-0.05, 0) is 24.6 Å². The second-order valence-corrected chi connectivity index (χ2v) is 8.33. The highest BCUT2D eigenvalue weighted by Crippen LogP contribution is 2.33. The molecule has 10 nitrogen and oxygen atoms in total. The van der Waals surface area contributed by atoms with Crippen molar-refractivity contribution in [1.29, 1.82) is 0 Å². The van der Waals surface area contributed by atoms with Crippen molar-refractivity contribution in [2.45, 2.75) is 13.1 Å². The fourth-order valence-corrected chi connectivity index (χ4v) is 3.73. The van der Waals surface area contributed by atoms with E-state index >= 15 is 0 Å². The number of amides is 1. The summed E-state index contributed by atoms with van der Waals surface area (Å²) in [5, 5.41) is 17.6. The number of hydrogen-bond acceptors (Lipinski definition) is 7. The van der Waals surface area contributed by atoms with Crippen LogP contribution in [0.3, 0.4) is 0 Å². The number of nitro benzene ring substituents is 1. The Morgan fingerprint density at radius 3 is 2.41 bits per heavy atom. The first-order chi connectivity index (χ1) is 18.6. The van der Waals surface area contributed by atoms with Gasteiger partial charge in [-0.25, -0.2) is 4.98 Å². The number of non-ortho nitro benzene ring substituents is 1. The van der Waals surface area contributed by atoms with Gasteiger partial charge in [-0.3, -0.25) is 14.9 Å². The van der Waals surface area contributed by atoms with Gasteiger partial charge in [0.15, 0.2) is 5.69 Å². The molecule has 1 amide bonds. The molecule has 39 heavy (non-hydrogen) atoms. The summed E-state index contributed by atoms with van der Waals surface area (Å²) >= 11 is 0. The fourth-order valence-electron chi connectivity index (χ4n) is 3.73. The molecule has 2 aromatic heterocycles. The Labute approximate surface area is 217 Å². The number of nitrogens with one attached hydrogen (secondary N) is 1. The van der Waals surface area contributed by atoms with Gasteiger partial charge in [0.1, 0.15) is 11.5 Å². The molecule has 1 N–H and O–H groups in total. The van der Waals surface area contributed by atoms with Gasteiger partial charge < -0.3 is 10.1 Å². The zero-order valence-electron chi connectivity index (χ0n) is 20.0. The van der Waals surface area contributed by atoms with E-state index in [0.717, 1.165) is 17.7 Å². The maximum Gasteiger partial charge on any atom is 0.433 e. The Bertz CT molecular complexity index is 1720. The van der Waals surface area contributed by atoms with Crippen LogP contribution in [0.5, 0.6) is 11.5 Å². The molecule has 0 aliphatic rings. The number of hydrogen-bond donors (Lipinski definition) is 1. The van der Waals surface area contributed by atoms with Crippen molar-refractivity contribution in [2.75, 3.05) is 5.32 Å².